The summed E-state index contributed by atoms with van der Waals surface area (Å²) in [5.41, 5.74) is 0. The molecule has 76 valence electrons. The molecule has 0 aromatic carbocycles. The van der Waals surface area contributed by atoms with Gasteiger partial charge < -0.3 is 10.2 Å². The number of carboxylic acids is 2. The van der Waals surface area contributed by atoms with Crippen LogP contribution in [0, 0.1) is 0 Å². The Hall–Kier alpha value is -0.360. The van der Waals surface area contributed by atoms with Crippen LogP contribution in [-0.4, -0.2) is 32.7 Å². The Morgan fingerprint density at radius 3 is 1.54 bits per heavy atom. The molecule has 0 heterocycles. The van der Waals surface area contributed by atoms with Gasteiger partial charge in [-0.25, -0.2) is 0 Å². The number of carbonyl (C=O) groups is 2. The van der Waals surface area contributed by atoms with Gasteiger partial charge in [0.15, 0.2) is 0 Å². The van der Waals surface area contributed by atoms with Crippen LogP contribution in [-0.2, 0) is 9.59 Å². The highest BCUT2D eigenvalue weighted by Crippen LogP contribution is 2.16. The summed E-state index contributed by atoms with van der Waals surface area (Å²) in [6, 6.07) is 0. The van der Waals surface area contributed by atoms with Crippen molar-refractivity contribution in [3.8, 4) is 0 Å². The molecule has 0 saturated heterocycles. The zero-order valence-electron chi connectivity index (χ0n) is 6.88. The third-order valence-corrected chi connectivity index (χ3v) is 2.15. The van der Waals surface area contributed by atoms with Gasteiger partial charge in [0.25, 0.3) is 0 Å². The fourth-order valence-corrected chi connectivity index (χ4v) is 1.87. The largest absolute Gasteiger partial charge is 0.481 e. The molecule has 0 radical (unpaired) electrons. The summed E-state index contributed by atoms with van der Waals surface area (Å²) in [6.45, 7) is 0. The normalized spacial score (nSPS) is 14.9. The molecule has 2 atom stereocenters. The van der Waals surface area contributed by atoms with E-state index in [0.29, 0.717) is 6.42 Å². The summed E-state index contributed by atoms with van der Waals surface area (Å²) in [5.74, 6) is -1.87. The summed E-state index contributed by atoms with van der Waals surface area (Å²) in [6.07, 6.45) is 0.240. The van der Waals surface area contributed by atoms with Crippen molar-refractivity contribution < 1.29 is 19.8 Å². The minimum absolute atomic E-state index is 0.0697. The molecular formula is C7H12O4S2. The van der Waals surface area contributed by atoms with Crippen LogP contribution >= 0.6 is 25.3 Å². The van der Waals surface area contributed by atoms with Crippen molar-refractivity contribution in [2.24, 2.45) is 0 Å². The van der Waals surface area contributed by atoms with Crippen LogP contribution in [0.25, 0.3) is 0 Å². The van der Waals surface area contributed by atoms with Gasteiger partial charge in [0, 0.05) is 10.5 Å². The van der Waals surface area contributed by atoms with E-state index in [0.717, 1.165) is 0 Å². The average molecular weight is 224 g/mol. The van der Waals surface area contributed by atoms with Crippen LogP contribution in [0.2, 0.25) is 0 Å². The SMILES string of the molecule is O=C(O)CC(S)CC(S)CC(=O)O. The lowest BCUT2D eigenvalue weighted by atomic mass is 10.1. The Labute approximate surface area is 87.2 Å². The van der Waals surface area contributed by atoms with Crippen molar-refractivity contribution in [3.05, 3.63) is 0 Å². The quantitative estimate of drug-likeness (QED) is 0.506. The second-order valence-corrected chi connectivity index (χ2v) is 4.20. The summed E-state index contributed by atoms with van der Waals surface area (Å²) >= 11 is 8.02. The van der Waals surface area contributed by atoms with Gasteiger partial charge in [-0.15, -0.1) is 0 Å². The molecule has 0 aromatic heterocycles. The molecular weight excluding hydrogens is 212 g/mol. The van der Waals surface area contributed by atoms with Gasteiger partial charge in [-0.1, -0.05) is 0 Å². The van der Waals surface area contributed by atoms with E-state index >= 15 is 0 Å². The van der Waals surface area contributed by atoms with E-state index in [9.17, 15) is 9.59 Å². The number of thiol groups is 2. The third kappa shape index (κ3) is 7.98. The van der Waals surface area contributed by atoms with Crippen LogP contribution in [0.1, 0.15) is 19.3 Å². The first kappa shape index (κ1) is 12.6. The first-order chi connectivity index (χ1) is 5.91. The standard InChI is InChI=1S/C7H12O4S2/c8-6(9)2-4(12)1-5(13)3-7(10)11/h4-5,12-13H,1-3H2,(H,8,9)(H,10,11). The molecule has 0 aliphatic rings. The smallest absolute Gasteiger partial charge is 0.304 e. The van der Waals surface area contributed by atoms with Crippen LogP contribution < -0.4 is 0 Å². The number of carboxylic acid groups (broad SMARTS) is 2. The predicted octanol–water partition coefficient (Wildman–Crippen LogP) is 0.923. The maximum atomic E-state index is 10.2. The molecule has 0 fully saturated rings. The van der Waals surface area contributed by atoms with E-state index < -0.39 is 11.9 Å². The van der Waals surface area contributed by atoms with Crippen LogP contribution in [0.4, 0.5) is 0 Å². The summed E-state index contributed by atoms with van der Waals surface area (Å²) in [4.78, 5) is 20.4. The molecule has 0 saturated carbocycles. The van der Waals surface area contributed by atoms with Crippen molar-refractivity contribution in [1.82, 2.24) is 0 Å². The molecule has 0 aliphatic carbocycles. The number of aliphatic carboxylic acids is 2. The van der Waals surface area contributed by atoms with Gasteiger partial charge in [0.1, 0.15) is 0 Å². The zero-order chi connectivity index (χ0) is 10.4. The van der Waals surface area contributed by atoms with E-state index in [2.05, 4.69) is 25.3 Å². The highest BCUT2D eigenvalue weighted by Gasteiger charge is 2.15. The zero-order valence-corrected chi connectivity index (χ0v) is 8.67. The molecule has 13 heavy (non-hydrogen) atoms. The maximum Gasteiger partial charge on any atom is 0.304 e. The summed E-state index contributed by atoms with van der Waals surface area (Å²) < 4.78 is 0. The number of hydrogen-bond acceptors (Lipinski definition) is 4. The molecule has 6 heteroatoms. The number of rotatable bonds is 6. The average Bonchev–Trinajstić information content (AvgIpc) is 1.80. The van der Waals surface area contributed by atoms with Gasteiger partial charge in [0.2, 0.25) is 0 Å². The fraction of sp³-hybridized carbons (Fsp3) is 0.714. The van der Waals surface area contributed by atoms with Crippen LogP contribution in [0.5, 0.6) is 0 Å². The van der Waals surface area contributed by atoms with Crippen LogP contribution in [0.15, 0.2) is 0 Å². The minimum Gasteiger partial charge on any atom is -0.481 e. The summed E-state index contributed by atoms with van der Waals surface area (Å²) in [7, 11) is 0. The Morgan fingerprint density at radius 2 is 1.31 bits per heavy atom. The minimum atomic E-state index is -0.934. The molecule has 0 rings (SSSR count). The molecule has 2 N–H and O–H groups in total. The number of hydrogen-bond donors (Lipinski definition) is 4. The second kappa shape index (κ2) is 6.15. The summed E-state index contributed by atoms with van der Waals surface area (Å²) in [5, 5.41) is 16.1. The molecule has 0 amide bonds. The van der Waals surface area contributed by atoms with Gasteiger partial charge in [-0.3, -0.25) is 9.59 Å². The third-order valence-electron chi connectivity index (χ3n) is 1.36. The van der Waals surface area contributed by atoms with Crippen molar-refractivity contribution in [2.75, 3.05) is 0 Å². The van der Waals surface area contributed by atoms with Gasteiger partial charge in [-0.05, 0) is 6.42 Å². The fourth-order valence-electron chi connectivity index (χ4n) is 0.884. The van der Waals surface area contributed by atoms with E-state index in [-0.39, 0.29) is 23.3 Å². The van der Waals surface area contributed by atoms with Gasteiger partial charge in [0.05, 0.1) is 12.8 Å². The topological polar surface area (TPSA) is 74.6 Å². The van der Waals surface area contributed by atoms with Crippen molar-refractivity contribution in [1.29, 1.82) is 0 Å². The van der Waals surface area contributed by atoms with E-state index in [4.69, 9.17) is 10.2 Å². The lowest BCUT2D eigenvalue weighted by Crippen LogP contribution is -2.15. The first-order valence-electron chi connectivity index (χ1n) is 3.71. The van der Waals surface area contributed by atoms with Gasteiger partial charge >= 0.3 is 11.9 Å². The van der Waals surface area contributed by atoms with Crippen molar-refractivity contribution in [3.63, 3.8) is 0 Å². The Morgan fingerprint density at radius 1 is 1.00 bits per heavy atom. The monoisotopic (exact) mass is 224 g/mol. The Bertz CT molecular complexity index is 175. The molecule has 2 unspecified atom stereocenters. The Kier molecular flexibility index (Phi) is 5.98. The highest BCUT2D eigenvalue weighted by atomic mass is 32.1. The first-order valence-corrected chi connectivity index (χ1v) is 4.74. The van der Waals surface area contributed by atoms with Crippen LogP contribution in [0.3, 0.4) is 0 Å². The van der Waals surface area contributed by atoms with Crippen molar-refractivity contribution in [2.45, 2.75) is 29.8 Å². The lowest BCUT2D eigenvalue weighted by Gasteiger charge is -2.11. The maximum absolute atomic E-state index is 10.2. The van der Waals surface area contributed by atoms with E-state index in [1.165, 1.54) is 0 Å². The predicted molar refractivity (Wildman–Crippen MR) is 54.7 cm³/mol. The molecule has 0 aliphatic heterocycles. The molecule has 0 aromatic rings. The van der Waals surface area contributed by atoms with Gasteiger partial charge in [-0.2, -0.15) is 25.3 Å². The van der Waals surface area contributed by atoms with Crippen molar-refractivity contribution >= 4 is 37.2 Å². The molecule has 0 spiro atoms. The highest BCUT2D eigenvalue weighted by molar-refractivity contribution is 7.81. The molecule has 0 bridgehead atoms. The lowest BCUT2D eigenvalue weighted by molar-refractivity contribution is -0.137. The Balaban J connectivity index is 3.70. The second-order valence-electron chi connectivity index (χ2n) is 2.74. The molecule has 4 nitrogen and oxygen atoms in total. The van der Waals surface area contributed by atoms with E-state index in [1.54, 1.807) is 0 Å². The van der Waals surface area contributed by atoms with E-state index in [1.807, 2.05) is 0 Å².